The minimum Gasteiger partial charge on any atom is -0.508 e. The Morgan fingerprint density at radius 3 is 2.62 bits per heavy atom. The molecule has 1 amide bonds. The highest BCUT2D eigenvalue weighted by molar-refractivity contribution is 5.76. The first-order valence-electron chi connectivity index (χ1n) is 6.94. The van der Waals surface area contributed by atoms with E-state index in [2.05, 4.69) is 5.32 Å². The molecule has 0 heterocycles. The van der Waals surface area contributed by atoms with Gasteiger partial charge in [0.15, 0.2) is 0 Å². The highest BCUT2D eigenvalue weighted by Gasteiger charge is 2.05. The molecule has 0 bridgehead atoms. The van der Waals surface area contributed by atoms with Gasteiger partial charge in [0.2, 0.25) is 5.91 Å². The van der Waals surface area contributed by atoms with Gasteiger partial charge in [0, 0.05) is 24.2 Å². The molecule has 0 atom stereocenters. The highest BCUT2D eigenvalue weighted by Crippen LogP contribution is 2.19. The summed E-state index contributed by atoms with van der Waals surface area (Å²) in [5, 5.41) is 12.5. The second-order valence-corrected chi connectivity index (χ2v) is 5.15. The number of amides is 1. The molecule has 0 aliphatic rings. The van der Waals surface area contributed by atoms with Gasteiger partial charge in [-0.1, -0.05) is 29.8 Å². The minimum absolute atomic E-state index is 0.0441. The van der Waals surface area contributed by atoms with E-state index in [1.807, 2.05) is 31.2 Å². The van der Waals surface area contributed by atoms with Gasteiger partial charge in [-0.15, -0.1) is 0 Å². The van der Waals surface area contributed by atoms with Crippen LogP contribution in [0.25, 0.3) is 0 Å². The van der Waals surface area contributed by atoms with Gasteiger partial charge in [-0.25, -0.2) is 0 Å². The van der Waals surface area contributed by atoms with E-state index in [4.69, 9.17) is 5.73 Å². The van der Waals surface area contributed by atoms with Crippen LogP contribution in [-0.2, 0) is 17.8 Å². The van der Waals surface area contributed by atoms with Crippen molar-refractivity contribution in [3.8, 4) is 5.75 Å². The zero-order valence-electron chi connectivity index (χ0n) is 12.1. The van der Waals surface area contributed by atoms with Gasteiger partial charge in [0.1, 0.15) is 5.75 Å². The van der Waals surface area contributed by atoms with Gasteiger partial charge in [-0.05, 0) is 37.1 Å². The predicted octanol–water partition coefficient (Wildman–Crippen LogP) is 2.53. The summed E-state index contributed by atoms with van der Waals surface area (Å²) in [6.07, 6.45) is 1.13. The smallest absolute Gasteiger partial charge is 0.220 e. The second kappa shape index (κ2) is 6.79. The molecule has 0 unspecified atom stereocenters. The van der Waals surface area contributed by atoms with Gasteiger partial charge in [-0.3, -0.25) is 4.79 Å². The van der Waals surface area contributed by atoms with Gasteiger partial charge in [-0.2, -0.15) is 0 Å². The van der Waals surface area contributed by atoms with Crippen LogP contribution in [0.15, 0.2) is 42.5 Å². The Kier molecular flexibility index (Phi) is 4.82. The van der Waals surface area contributed by atoms with Gasteiger partial charge >= 0.3 is 0 Å². The van der Waals surface area contributed by atoms with E-state index in [-0.39, 0.29) is 18.2 Å². The molecule has 0 radical (unpaired) electrons. The molecule has 0 saturated carbocycles. The summed E-state index contributed by atoms with van der Waals surface area (Å²) in [4.78, 5) is 11.8. The third-order valence-corrected chi connectivity index (χ3v) is 3.34. The number of anilines is 1. The summed E-state index contributed by atoms with van der Waals surface area (Å²) in [6, 6.07) is 13.0. The molecule has 110 valence electrons. The Labute approximate surface area is 124 Å². The van der Waals surface area contributed by atoms with Crippen molar-refractivity contribution in [2.75, 3.05) is 5.73 Å². The van der Waals surface area contributed by atoms with E-state index < -0.39 is 0 Å². The van der Waals surface area contributed by atoms with E-state index in [9.17, 15) is 9.90 Å². The molecule has 0 saturated heterocycles. The van der Waals surface area contributed by atoms with Crippen molar-refractivity contribution in [2.45, 2.75) is 26.3 Å². The van der Waals surface area contributed by atoms with Crippen LogP contribution in [0, 0.1) is 6.92 Å². The maximum Gasteiger partial charge on any atom is 0.220 e. The summed E-state index contributed by atoms with van der Waals surface area (Å²) >= 11 is 0. The van der Waals surface area contributed by atoms with E-state index >= 15 is 0 Å². The van der Waals surface area contributed by atoms with Crippen molar-refractivity contribution in [3.63, 3.8) is 0 Å². The van der Waals surface area contributed by atoms with E-state index in [0.717, 1.165) is 5.56 Å². The van der Waals surface area contributed by atoms with Crippen molar-refractivity contribution in [1.82, 2.24) is 5.32 Å². The first-order chi connectivity index (χ1) is 10.0. The Hall–Kier alpha value is -2.49. The number of nitrogen functional groups attached to an aromatic ring is 1. The Morgan fingerprint density at radius 2 is 1.90 bits per heavy atom. The number of nitrogens with two attached hydrogens (primary N) is 1. The number of rotatable bonds is 5. The summed E-state index contributed by atoms with van der Waals surface area (Å²) in [5.41, 5.74) is 9.20. The van der Waals surface area contributed by atoms with Crippen molar-refractivity contribution in [3.05, 3.63) is 59.2 Å². The summed E-state index contributed by atoms with van der Waals surface area (Å²) in [5.74, 6) is 0.0976. The lowest BCUT2D eigenvalue weighted by atomic mass is 10.1. The molecule has 2 aromatic carbocycles. The molecule has 2 rings (SSSR count). The molecular weight excluding hydrogens is 264 g/mol. The Bertz CT molecular complexity index is 621. The Balaban J connectivity index is 1.82. The van der Waals surface area contributed by atoms with Crippen LogP contribution in [0.1, 0.15) is 23.1 Å². The SMILES string of the molecule is Cc1ccc(CCC(=O)NCc2cc(N)ccc2O)cc1. The van der Waals surface area contributed by atoms with Crippen LogP contribution in [0.4, 0.5) is 5.69 Å². The van der Waals surface area contributed by atoms with Gasteiger partial charge < -0.3 is 16.2 Å². The number of aryl methyl sites for hydroxylation is 2. The number of nitrogens with one attached hydrogen (secondary N) is 1. The van der Waals surface area contributed by atoms with Crippen LogP contribution in [-0.4, -0.2) is 11.0 Å². The highest BCUT2D eigenvalue weighted by atomic mass is 16.3. The number of hydrogen-bond acceptors (Lipinski definition) is 3. The maximum absolute atomic E-state index is 11.8. The lowest BCUT2D eigenvalue weighted by Gasteiger charge is -2.08. The third-order valence-electron chi connectivity index (χ3n) is 3.34. The molecular formula is C17H20N2O2. The van der Waals surface area contributed by atoms with Crippen molar-refractivity contribution in [2.24, 2.45) is 0 Å². The molecule has 0 spiro atoms. The fourth-order valence-corrected chi connectivity index (χ4v) is 2.04. The zero-order valence-corrected chi connectivity index (χ0v) is 12.1. The molecule has 0 aliphatic carbocycles. The zero-order chi connectivity index (χ0) is 15.2. The Morgan fingerprint density at radius 1 is 1.19 bits per heavy atom. The summed E-state index contributed by atoms with van der Waals surface area (Å²) < 4.78 is 0. The molecule has 0 aromatic heterocycles. The number of aromatic hydroxyl groups is 1. The predicted molar refractivity (Wildman–Crippen MR) is 83.9 cm³/mol. The number of hydrogen-bond donors (Lipinski definition) is 3. The van der Waals surface area contributed by atoms with Gasteiger partial charge in [0.25, 0.3) is 0 Å². The first kappa shape index (κ1) is 14.9. The van der Waals surface area contributed by atoms with E-state index in [1.54, 1.807) is 12.1 Å². The molecule has 4 nitrogen and oxygen atoms in total. The fraction of sp³-hybridized carbons (Fsp3) is 0.235. The van der Waals surface area contributed by atoms with E-state index in [1.165, 1.54) is 11.6 Å². The average molecular weight is 284 g/mol. The fourth-order valence-electron chi connectivity index (χ4n) is 2.04. The van der Waals surface area contributed by atoms with Crippen LogP contribution in [0.5, 0.6) is 5.75 Å². The number of phenols is 1. The topological polar surface area (TPSA) is 75.4 Å². The standard InChI is InChI=1S/C17H20N2O2/c1-12-2-4-13(5-3-12)6-9-17(21)19-11-14-10-15(18)7-8-16(14)20/h2-5,7-8,10,20H,6,9,11,18H2,1H3,(H,19,21). The van der Waals surface area contributed by atoms with Crippen LogP contribution < -0.4 is 11.1 Å². The van der Waals surface area contributed by atoms with Crippen LogP contribution in [0.2, 0.25) is 0 Å². The van der Waals surface area contributed by atoms with Crippen molar-refractivity contribution in [1.29, 1.82) is 0 Å². The van der Waals surface area contributed by atoms with Crippen LogP contribution in [0.3, 0.4) is 0 Å². The first-order valence-corrected chi connectivity index (χ1v) is 6.94. The normalized spacial score (nSPS) is 10.3. The molecule has 0 aliphatic heterocycles. The monoisotopic (exact) mass is 284 g/mol. The maximum atomic E-state index is 11.8. The second-order valence-electron chi connectivity index (χ2n) is 5.15. The molecule has 4 heteroatoms. The molecule has 4 N–H and O–H groups in total. The number of carbonyl (C=O) groups is 1. The lowest BCUT2D eigenvalue weighted by molar-refractivity contribution is -0.121. The van der Waals surface area contributed by atoms with Crippen molar-refractivity contribution >= 4 is 11.6 Å². The number of phenolic OH excluding ortho intramolecular Hbond substituents is 1. The lowest BCUT2D eigenvalue weighted by Crippen LogP contribution is -2.23. The van der Waals surface area contributed by atoms with Crippen molar-refractivity contribution < 1.29 is 9.90 Å². The van der Waals surface area contributed by atoms with Gasteiger partial charge in [0.05, 0.1) is 0 Å². The number of carbonyl (C=O) groups excluding carboxylic acids is 1. The summed E-state index contributed by atoms with van der Waals surface area (Å²) in [6.45, 7) is 2.32. The summed E-state index contributed by atoms with van der Waals surface area (Å²) in [7, 11) is 0. The van der Waals surface area contributed by atoms with E-state index in [0.29, 0.717) is 24.1 Å². The molecule has 2 aromatic rings. The number of benzene rings is 2. The minimum atomic E-state index is -0.0441. The average Bonchev–Trinajstić information content (AvgIpc) is 2.47. The molecule has 21 heavy (non-hydrogen) atoms. The largest absolute Gasteiger partial charge is 0.508 e. The quantitative estimate of drug-likeness (QED) is 0.583. The third kappa shape index (κ3) is 4.53. The van der Waals surface area contributed by atoms with Crippen LogP contribution >= 0.6 is 0 Å². The molecule has 0 fully saturated rings.